The molecule has 0 aromatic heterocycles. The smallest absolute Gasteiger partial charge is 0.267 e. The van der Waals surface area contributed by atoms with Crippen LogP contribution in [-0.2, 0) is 0 Å². The van der Waals surface area contributed by atoms with E-state index in [1.54, 1.807) is 30.3 Å². The second-order valence-corrected chi connectivity index (χ2v) is 5.96. The Labute approximate surface area is 140 Å². The molecule has 0 atom stereocenters. The van der Waals surface area contributed by atoms with E-state index in [2.05, 4.69) is 33.1 Å². The zero-order valence-corrected chi connectivity index (χ0v) is 13.8. The summed E-state index contributed by atoms with van der Waals surface area (Å²) in [6, 6.07) is 12.3. The van der Waals surface area contributed by atoms with Crippen LogP contribution in [0, 0.1) is 3.57 Å². The molecule has 20 heavy (non-hydrogen) atoms. The van der Waals surface area contributed by atoms with Crippen LogP contribution >= 0.6 is 45.8 Å². The van der Waals surface area contributed by atoms with E-state index in [9.17, 15) is 4.79 Å². The predicted octanol–water partition coefficient (Wildman–Crippen LogP) is 4.36. The Balaban J connectivity index is 2.04. The van der Waals surface area contributed by atoms with Crippen molar-refractivity contribution in [3.05, 3.63) is 67.2 Å². The van der Waals surface area contributed by atoms with Gasteiger partial charge in [0.25, 0.3) is 5.91 Å². The molecule has 6 heteroatoms. The van der Waals surface area contributed by atoms with E-state index in [1.165, 1.54) is 6.21 Å². The number of nitrogens with one attached hydrogen (secondary N) is 1. The lowest BCUT2D eigenvalue weighted by atomic mass is 10.2. The highest BCUT2D eigenvalue weighted by molar-refractivity contribution is 14.1. The van der Waals surface area contributed by atoms with Crippen molar-refractivity contribution >= 4 is 57.9 Å². The van der Waals surface area contributed by atoms with Gasteiger partial charge in [-0.2, -0.15) is 5.10 Å². The number of hydrazone groups is 1. The molecule has 0 aliphatic carbocycles. The summed E-state index contributed by atoms with van der Waals surface area (Å²) in [7, 11) is 0. The van der Waals surface area contributed by atoms with Gasteiger partial charge < -0.3 is 0 Å². The summed E-state index contributed by atoms with van der Waals surface area (Å²) in [5, 5.41) is 4.91. The monoisotopic (exact) mass is 418 g/mol. The number of carbonyl (C=O) groups excluding carboxylic acids is 1. The Bertz CT molecular complexity index is 674. The molecule has 102 valence electrons. The fourth-order valence-corrected chi connectivity index (χ4v) is 2.46. The van der Waals surface area contributed by atoms with E-state index >= 15 is 0 Å². The third-order valence-corrected chi connectivity index (χ3v) is 3.65. The van der Waals surface area contributed by atoms with Gasteiger partial charge in [-0.25, -0.2) is 5.43 Å². The largest absolute Gasteiger partial charge is 0.271 e. The molecular weight excluding hydrogens is 410 g/mol. The lowest BCUT2D eigenvalue weighted by Crippen LogP contribution is -2.17. The lowest BCUT2D eigenvalue weighted by Gasteiger charge is -2.01. The first-order valence-corrected chi connectivity index (χ1v) is 7.44. The van der Waals surface area contributed by atoms with Gasteiger partial charge in [0.1, 0.15) is 0 Å². The fourth-order valence-electron chi connectivity index (χ4n) is 1.46. The predicted molar refractivity (Wildman–Crippen MR) is 90.7 cm³/mol. The van der Waals surface area contributed by atoms with Gasteiger partial charge in [0.15, 0.2) is 0 Å². The van der Waals surface area contributed by atoms with E-state index in [0.29, 0.717) is 21.2 Å². The van der Waals surface area contributed by atoms with E-state index < -0.39 is 0 Å². The van der Waals surface area contributed by atoms with Crippen molar-refractivity contribution in [1.82, 2.24) is 5.43 Å². The Morgan fingerprint density at radius 1 is 1.20 bits per heavy atom. The SMILES string of the molecule is O=C(N/N=C\c1ccc(Cl)cc1Cl)c1cccc(I)c1. The molecule has 2 aromatic carbocycles. The normalized spacial score (nSPS) is 10.8. The molecule has 1 amide bonds. The van der Waals surface area contributed by atoms with Gasteiger partial charge in [0, 0.05) is 19.7 Å². The third-order valence-electron chi connectivity index (χ3n) is 2.42. The molecule has 0 fully saturated rings. The summed E-state index contributed by atoms with van der Waals surface area (Å²) in [6.07, 6.45) is 1.48. The fraction of sp³-hybridized carbons (Fsp3) is 0. The van der Waals surface area contributed by atoms with Crippen molar-refractivity contribution in [2.24, 2.45) is 5.10 Å². The van der Waals surface area contributed by atoms with Crippen LogP contribution < -0.4 is 5.43 Å². The number of hydrogen-bond donors (Lipinski definition) is 1. The molecule has 0 unspecified atom stereocenters. The summed E-state index contributed by atoms with van der Waals surface area (Å²) < 4.78 is 0.986. The number of benzene rings is 2. The van der Waals surface area contributed by atoms with Crippen molar-refractivity contribution < 1.29 is 4.79 Å². The highest BCUT2D eigenvalue weighted by Crippen LogP contribution is 2.19. The summed E-state index contributed by atoms with van der Waals surface area (Å²) >= 11 is 13.9. The number of hydrogen-bond acceptors (Lipinski definition) is 2. The topological polar surface area (TPSA) is 41.5 Å². The van der Waals surface area contributed by atoms with Crippen molar-refractivity contribution in [2.75, 3.05) is 0 Å². The standard InChI is InChI=1S/C14H9Cl2IN2O/c15-11-5-4-10(13(16)7-11)8-18-19-14(20)9-2-1-3-12(17)6-9/h1-8H,(H,19,20)/b18-8-. The highest BCUT2D eigenvalue weighted by Gasteiger charge is 2.04. The molecular formula is C14H9Cl2IN2O. The van der Waals surface area contributed by atoms with Gasteiger partial charge in [-0.15, -0.1) is 0 Å². The molecule has 0 saturated heterocycles. The molecule has 0 aliphatic rings. The van der Waals surface area contributed by atoms with Crippen molar-refractivity contribution in [3.63, 3.8) is 0 Å². The van der Waals surface area contributed by atoms with Gasteiger partial charge in [-0.1, -0.05) is 35.3 Å². The van der Waals surface area contributed by atoms with Crippen molar-refractivity contribution in [1.29, 1.82) is 0 Å². The van der Waals surface area contributed by atoms with Crippen molar-refractivity contribution in [2.45, 2.75) is 0 Å². The van der Waals surface area contributed by atoms with Crippen LogP contribution in [0.1, 0.15) is 15.9 Å². The van der Waals surface area contributed by atoms with E-state index in [0.717, 1.165) is 3.57 Å². The molecule has 0 aliphatic heterocycles. The Morgan fingerprint density at radius 3 is 2.70 bits per heavy atom. The molecule has 0 bridgehead atoms. The lowest BCUT2D eigenvalue weighted by molar-refractivity contribution is 0.0955. The minimum atomic E-state index is -0.273. The second-order valence-electron chi connectivity index (χ2n) is 3.88. The van der Waals surface area contributed by atoms with Crippen LogP contribution in [0.25, 0.3) is 0 Å². The maximum absolute atomic E-state index is 11.8. The quantitative estimate of drug-likeness (QED) is 0.449. The first-order chi connectivity index (χ1) is 9.56. The van der Waals surface area contributed by atoms with E-state index in [1.807, 2.05) is 12.1 Å². The first kappa shape index (κ1) is 15.3. The van der Waals surface area contributed by atoms with Gasteiger partial charge in [0.2, 0.25) is 0 Å². The first-order valence-electron chi connectivity index (χ1n) is 5.60. The van der Waals surface area contributed by atoms with Crippen LogP contribution in [0.3, 0.4) is 0 Å². The Hall–Kier alpha value is -1.11. The van der Waals surface area contributed by atoms with Crippen LogP contribution in [-0.4, -0.2) is 12.1 Å². The minimum absolute atomic E-state index is 0.273. The zero-order chi connectivity index (χ0) is 14.5. The summed E-state index contributed by atoms with van der Waals surface area (Å²) in [5.74, 6) is -0.273. The highest BCUT2D eigenvalue weighted by atomic mass is 127. The molecule has 2 aromatic rings. The van der Waals surface area contributed by atoms with Crippen LogP contribution in [0.4, 0.5) is 0 Å². The molecule has 0 saturated carbocycles. The number of nitrogens with zero attached hydrogens (tertiary/aromatic N) is 1. The van der Waals surface area contributed by atoms with E-state index in [4.69, 9.17) is 23.2 Å². The number of rotatable bonds is 3. The van der Waals surface area contributed by atoms with Gasteiger partial charge in [0.05, 0.1) is 11.2 Å². The maximum atomic E-state index is 11.8. The number of carbonyl (C=O) groups is 1. The number of amides is 1. The molecule has 0 heterocycles. The zero-order valence-electron chi connectivity index (χ0n) is 10.1. The summed E-state index contributed by atoms with van der Waals surface area (Å²) in [5.41, 5.74) is 3.68. The number of halogens is 3. The Kier molecular flexibility index (Phi) is 5.39. The third kappa shape index (κ3) is 4.19. The van der Waals surface area contributed by atoms with Crippen molar-refractivity contribution in [3.8, 4) is 0 Å². The minimum Gasteiger partial charge on any atom is -0.267 e. The Morgan fingerprint density at radius 2 is 2.00 bits per heavy atom. The summed E-state index contributed by atoms with van der Waals surface area (Å²) in [4.78, 5) is 11.8. The van der Waals surface area contributed by atoms with Crippen LogP contribution in [0.2, 0.25) is 10.0 Å². The van der Waals surface area contributed by atoms with Gasteiger partial charge >= 0.3 is 0 Å². The van der Waals surface area contributed by atoms with Gasteiger partial charge in [-0.3, -0.25) is 4.79 Å². The molecule has 3 nitrogen and oxygen atoms in total. The molecule has 1 N–H and O–H groups in total. The van der Waals surface area contributed by atoms with E-state index in [-0.39, 0.29) is 5.91 Å². The molecule has 2 rings (SSSR count). The maximum Gasteiger partial charge on any atom is 0.271 e. The average molecular weight is 419 g/mol. The summed E-state index contributed by atoms with van der Waals surface area (Å²) in [6.45, 7) is 0. The molecule has 0 spiro atoms. The average Bonchev–Trinajstić information content (AvgIpc) is 2.41. The second kappa shape index (κ2) is 7.06. The van der Waals surface area contributed by atoms with Crippen LogP contribution in [0.5, 0.6) is 0 Å². The molecule has 0 radical (unpaired) electrons. The van der Waals surface area contributed by atoms with Gasteiger partial charge in [-0.05, 0) is 52.9 Å². The van der Waals surface area contributed by atoms with Crippen LogP contribution in [0.15, 0.2) is 47.6 Å².